The van der Waals surface area contributed by atoms with Gasteiger partial charge in [0.1, 0.15) is 11.6 Å². The number of carbonyl (C=O) groups is 1. The van der Waals surface area contributed by atoms with E-state index in [1.165, 1.54) is 0 Å². The van der Waals surface area contributed by atoms with Crippen LogP contribution in [0.15, 0.2) is 83.9 Å². The van der Waals surface area contributed by atoms with Crippen molar-refractivity contribution in [1.29, 1.82) is 0 Å². The quantitative estimate of drug-likeness (QED) is 0.258. The number of nitrogens with one attached hydrogen (secondary N) is 4. The van der Waals surface area contributed by atoms with Crippen LogP contribution < -0.4 is 25.4 Å². The van der Waals surface area contributed by atoms with Gasteiger partial charge in [0.25, 0.3) is 0 Å². The lowest BCUT2D eigenvalue weighted by atomic mass is 9.83. The topological polar surface area (TPSA) is 134 Å². The van der Waals surface area contributed by atoms with Gasteiger partial charge in [0.15, 0.2) is 0 Å². The van der Waals surface area contributed by atoms with Crippen molar-refractivity contribution in [2.75, 3.05) is 30.8 Å². The molecule has 0 radical (unpaired) electrons. The first-order valence-electron chi connectivity index (χ1n) is 13.7. The van der Waals surface area contributed by atoms with E-state index in [0.29, 0.717) is 42.7 Å². The van der Waals surface area contributed by atoms with Crippen molar-refractivity contribution >= 4 is 33.4 Å². The SMILES string of the molecule is COc1ccccc1C(C)(C)C(=O)NCc1ccc(-c2cnc3nc2NCCCNS(=O)(=O)c2cccc(c2)N3)cc1. The summed E-state index contributed by atoms with van der Waals surface area (Å²) in [7, 11) is -2.02. The normalized spacial score (nSPS) is 14.6. The number of carbonyl (C=O) groups excluding carboxylic acids is 1. The van der Waals surface area contributed by atoms with Gasteiger partial charge in [0.2, 0.25) is 21.9 Å². The molecule has 3 aromatic carbocycles. The largest absolute Gasteiger partial charge is 0.496 e. The summed E-state index contributed by atoms with van der Waals surface area (Å²) >= 11 is 0. The minimum atomic E-state index is -3.62. The van der Waals surface area contributed by atoms with Gasteiger partial charge in [-0.1, -0.05) is 48.5 Å². The molecule has 0 unspecified atom stereocenters. The summed E-state index contributed by atoms with van der Waals surface area (Å²) in [5, 5.41) is 9.48. The Kier molecular flexibility index (Phi) is 8.41. The van der Waals surface area contributed by atoms with Gasteiger partial charge in [0.05, 0.1) is 17.4 Å². The van der Waals surface area contributed by atoms with Gasteiger partial charge in [-0.3, -0.25) is 4.79 Å². The molecule has 4 N–H and O–H groups in total. The molecule has 1 aliphatic heterocycles. The van der Waals surface area contributed by atoms with Crippen LogP contribution in [-0.2, 0) is 26.8 Å². The molecule has 1 amide bonds. The zero-order valence-electron chi connectivity index (χ0n) is 23.8. The van der Waals surface area contributed by atoms with Crippen LogP contribution in [0.2, 0.25) is 0 Å². The number of hydrogen-bond donors (Lipinski definition) is 4. The van der Waals surface area contributed by atoms with Crippen LogP contribution in [0.1, 0.15) is 31.4 Å². The Morgan fingerprint density at radius 2 is 1.81 bits per heavy atom. The fourth-order valence-electron chi connectivity index (χ4n) is 4.73. The number of benzene rings is 3. The number of para-hydroxylation sites is 1. The highest BCUT2D eigenvalue weighted by atomic mass is 32.2. The van der Waals surface area contributed by atoms with Crippen LogP contribution in [0, 0.1) is 0 Å². The van der Waals surface area contributed by atoms with Crippen LogP contribution in [0.25, 0.3) is 11.1 Å². The van der Waals surface area contributed by atoms with Gasteiger partial charge < -0.3 is 20.7 Å². The minimum Gasteiger partial charge on any atom is -0.496 e. The summed E-state index contributed by atoms with van der Waals surface area (Å²) in [6.45, 7) is 4.93. The summed E-state index contributed by atoms with van der Waals surface area (Å²) in [5.41, 5.74) is 3.27. The first-order valence-corrected chi connectivity index (χ1v) is 15.1. The van der Waals surface area contributed by atoms with Gasteiger partial charge >= 0.3 is 0 Å². The van der Waals surface area contributed by atoms with Gasteiger partial charge in [-0.05, 0) is 55.7 Å². The molecule has 218 valence electrons. The van der Waals surface area contributed by atoms with Crippen LogP contribution in [-0.4, -0.2) is 44.5 Å². The van der Waals surface area contributed by atoms with Crippen LogP contribution in [0.4, 0.5) is 17.5 Å². The lowest BCUT2D eigenvalue weighted by molar-refractivity contribution is -0.125. The molecular weight excluding hydrogens is 552 g/mol. The van der Waals surface area contributed by atoms with Crippen molar-refractivity contribution in [2.45, 2.75) is 37.1 Å². The van der Waals surface area contributed by atoms with Crippen molar-refractivity contribution in [2.24, 2.45) is 0 Å². The Morgan fingerprint density at radius 1 is 1.02 bits per heavy atom. The molecule has 11 heteroatoms. The fourth-order valence-corrected chi connectivity index (χ4v) is 5.85. The average Bonchev–Trinajstić information content (AvgIpc) is 3.00. The Morgan fingerprint density at radius 3 is 2.60 bits per heavy atom. The third-order valence-electron chi connectivity index (χ3n) is 7.19. The summed E-state index contributed by atoms with van der Waals surface area (Å²) in [6.07, 6.45) is 2.30. The van der Waals surface area contributed by atoms with E-state index in [-0.39, 0.29) is 17.3 Å². The number of sulfonamides is 1. The van der Waals surface area contributed by atoms with Crippen LogP contribution >= 0.6 is 0 Å². The molecule has 10 nitrogen and oxygen atoms in total. The van der Waals surface area contributed by atoms with E-state index < -0.39 is 15.4 Å². The predicted molar refractivity (Wildman–Crippen MR) is 163 cm³/mol. The molecule has 0 fully saturated rings. The number of amides is 1. The summed E-state index contributed by atoms with van der Waals surface area (Å²) in [6, 6.07) is 21.9. The van der Waals surface area contributed by atoms with Crippen molar-refractivity contribution in [3.63, 3.8) is 0 Å². The zero-order valence-corrected chi connectivity index (χ0v) is 24.6. The van der Waals surface area contributed by atoms with Crippen LogP contribution in [0.5, 0.6) is 5.75 Å². The molecule has 5 rings (SSSR count). The second kappa shape index (κ2) is 12.2. The number of anilines is 3. The highest BCUT2D eigenvalue weighted by molar-refractivity contribution is 7.89. The monoisotopic (exact) mass is 586 g/mol. The molecule has 0 atom stereocenters. The predicted octanol–water partition coefficient (Wildman–Crippen LogP) is 4.58. The molecule has 1 aromatic heterocycles. The Labute approximate surface area is 246 Å². The van der Waals surface area contributed by atoms with E-state index in [1.54, 1.807) is 37.6 Å². The Balaban J connectivity index is 1.32. The maximum absolute atomic E-state index is 13.2. The number of fused-ring (bicyclic) bond motifs is 4. The maximum Gasteiger partial charge on any atom is 0.240 e. The first-order chi connectivity index (χ1) is 20.2. The van der Waals surface area contributed by atoms with E-state index in [1.807, 2.05) is 62.4 Å². The lowest BCUT2D eigenvalue weighted by Crippen LogP contribution is -2.39. The molecule has 1 aliphatic rings. The number of rotatable bonds is 6. The molecule has 4 aromatic rings. The van der Waals surface area contributed by atoms with Gasteiger partial charge in [-0.25, -0.2) is 18.1 Å². The van der Waals surface area contributed by atoms with E-state index in [2.05, 4.69) is 30.6 Å². The van der Waals surface area contributed by atoms with E-state index in [0.717, 1.165) is 22.3 Å². The third kappa shape index (κ3) is 6.37. The molecule has 0 spiro atoms. The number of aromatic nitrogens is 2. The molecular formula is C31H34N6O4S. The van der Waals surface area contributed by atoms with E-state index in [9.17, 15) is 13.2 Å². The minimum absolute atomic E-state index is 0.101. The molecule has 4 bridgehead atoms. The van der Waals surface area contributed by atoms with Gasteiger partial charge in [-0.15, -0.1) is 0 Å². The third-order valence-corrected chi connectivity index (χ3v) is 8.65. The Bertz CT molecular complexity index is 1690. The summed E-state index contributed by atoms with van der Waals surface area (Å²) < 4.78 is 33.4. The van der Waals surface area contributed by atoms with E-state index >= 15 is 0 Å². The highest BCUT2D eigenvalue weighted by Crippen LogP contribution is 2.32. The Hall–Kier alpha value is -4.48. The lowest BCUT2D eigenvalue weighted by Gasteiger charge is -2.26. The maximum atomic E-state index is 13.2. The second-order valence-corrected chi connectivity index (χ2v) is 12.3. The smallest absolute Gasteiger partial charge is 0.240 e. The first kappa shape index (κ1) is 29.0. The zero-order chi connectivity index (χ0) is 29.7. The van der Waals surface area contributed by atoms with Gasteiger partial charge in [0, 0.05) is 42.6 Å². The van der Waals surface area contributed by atoms with Crippen molar-refractivity contribution in [1.82, 2.24) is 20.0 Å². The number of methoxy groups -OCH3 is 1. The van der Waals surface area contributed by atoms with Crippen molar-refractivity contribution in [3.05, 3.63) is 90.1 Å². The molecule has 42 heavy (non-hydrogen) atoms. The summed E-state index contributed by atoms with van der Waals surface area (Å²) in [4.78, 5) is 22.5. The fraction of sp³-hybridized carbons (Fsp3) is 0.258. The molecule has 2 heterocycles. The molecule has 0 aliphatic carbocycles. The van der Waals surface area contributed by atoms with Crippen LogP contribution in [0.3, 0.4) is 0 Å². The second-order valence-electron chi connectivity index (χ2n) is 10.5. The number of ether oxygens (including phenoxy) is 1. The summed E-state index contributed by atoms with van der Waals surface area (Å²) in [5.74, 6) is 1.55. The number of nitrogens with zero attached hydrogens (tertiary/aromatic N) is 2. The molecule has 0 saturated heterocycles. The highest BCUT2D eigenvalue weighted by Gasteiger charge is 2.32. The van der Waals surface area contributed by atoms with E-state index in [4.69, 9.17) is 4.74 Å². The number of hydrogen-bond acceptors (Lipinski definition) is 8. The average molecular weight is 587 g/mol. The standard InChI is InChI=1S/C31H34N6O4S/c1-31(2,26-10-4-5-11-27(26)41-3)29(38)33-19-21-12-14-22(15-13-21)25-20-34-30-36-23-8-6-9-24(18-23)42(39,40)35-17-7-16-32-28(25)37-30/h4-6,8-15,18,20,35H,7,16-17,19H2,1-3H3,(H,33,38)(H2,32,34,36,37). The molecule has 0 saturated carbocycles. The van der Waals surface area contributed by atoms with Gasteiger partial charge in [-0.2, -0.15) is 4.98 Å². The van der Waals surface area contributed by atoms with Crippen molar-refractivity contribution < 1.29 is 17.9 Å². The van der Waals surface area contributed by atoms with Crippen molar-refractivity contribution in [3.8, 4) is 16.9 Å².